The standard InChI is InChI=1S/C22H24N2O4/c1-4-24(5-2)19(25)15-10-12-17(13-11-15)23-21(27)22(3)14-16-8-6-7-9-18(16)20(26)28-22/h6-13H,4-5,14H2,1-3H3,(H,23,27)/t22-/m1/s1. The minimum atomic E-state index is -1.29. The molecule has 3 rings (SSSR count). The van der Waals surface area contributed by atoms with Crippen LogP contribution in [0.25, 0.3) is 0 Å². The second-order valence-corrected chi connectivity index (χ2v) is 6.96. The van der Waals surface area contributed by atoms with Crippen LogP contribution in [0.15, 0.2) is 48.5 Å². The lowest BCUT2D eigenvalue weighted by Gasteiger charge is -2.33. The first kappa shape index (κ1) is 19.6. The molecule has 0 radical (unpaired) electrons. The molecule has 2 amide bonds. The molecule has 0 aliphatic carbocycles. The van der Waals surface area contributed by atoms with Gasteiger partial charge in [0.2, 0.25) is 0 Å². The first-order valence-corrected chi connectivity index (χ1v) is 9.40. The number of cyclic esters (lactones) is 1. The van der Waals surface area contributed by atoms with Gasteiger partial charge in [0.1, 0.15) is 0 Å². The zero-order chi connectivity index (χ0) is 20.3. The molecule has 2 aromatic carbocycles. The summed E-state index contributed by atoms with van der Waals surface area (Å²) < 4.78 is 5.45. The van der Waals surface area contributed by atoms with Crippen molar-refractivity contribution in [2.75, 3.05) is 18.4 Å². The van der Waals surface area contributed by atoms with Gasteiger partial charge in [-0.2, -0.15) is 0 Å². The van der Waals surface area contributed by atoms with Gasteiger partial charge in [0.25, 0.3) is 11.8 Å². The van der Waals surface area contributed by atoms with E-state index >= 15 is 0 Å². The van der Waals surface area contributed by atoms with Crippen molar-refractivity contribution in [1.82, 2.24) is 4.90 Å². The third kappa shape index (κ3) is 3.76. The van der Waals surface area contributed by atoms with Crippen molar-refractivity contribution in [3.63, 3.8) is 0 Å². The molecule has 6 heteroatoms. The average Bonchev–Trinajstić information content (AvgIpc) is 2.69. The van der Waals surface area contributed by atoms with E-state index in [2.05, 4.69) is 5.32 Å². The van der Waals surface area contributed by atoms with Gasteiger partial charge in [-0.3, -0.25) is 9.59 Å². The van der Waals surface area contributed by atoms with Gasteiger partial charge in [-0.05, 0) is 56.7 Å². The number of amides is 2. The highest BCUT2D eigenvalue weighted by molar-refractivity contribution is 6.02. The highest BCUT2D eigenvalue weighted by atomic mass is 16.6. The second-order valence-electron chi connectivity index (χ2n) is 6.96. The van der Waals surface area contributed by atoms with Gasteiger partial charge in [0, 0.05) is 30.8 Å². The molecule has 28 heavy (non-hydrogen) atoms. The van der Waals surface area contributed by atoms with Crippen LogP contribution in [-0.4, -0.2) is 41.4 Å². The monoisotopic (exact) mass is 380 g/mol. The summed E-state index contributed by atoms with van der Waals surface area (Å²) in [6.07, 6.45) is 0.305. The summed E-state index contributed by atoms with van der Waals surface area (Å²) in [5.74, 6) is -0.953. The van der Waals surface area contributed by atoms with E-state index in [4.69, 9.17) is 4.74 Å². The summed E-state index contributed by atoms with van der Waals surface area (Å²) in [5.41, 5.74) is 1.09. The highest BCUT2D eigenvalue weighted by Crippen LogP contribution is 2.29. The molecule has 146 valence electrons. The maximum atomic E-state index is 12.8. The number of benzene rings is 2. The second kappa shape index (κ2) is 7.84. The van der Waals surface area contributed by atoms with Crippen LogP contribution in [-0.2, 0) is 16.0 Å². The number of rotatable bonds is 5. The summed E-state index contributed by atoms with van der Waals surface area (Å²) in [6.45, 7) is 6.74. The van der Waals surface area contributed by atoms with E-state index in [9.17, 15) is 14.4 Å². The zero-order valence-corrected chi connectivity index (χ0v) is 16.3. The molecular weight excluding hydrogens is 356 g/mol. The third-order valence-electron chi connectivity index (χ3n) is 5.00. The van der Waals surface area contributed by atoms with Gasteiger partial charge < -0.3 is 15.0 Å². The van der Waals surface area contributed by atoms with Gasteiger partial charge in [0.15, 0.2) is 5.60 Å². The van der Waals surface area contributed by atoms with Gasteiger partial charge in [-0.1, -0.05) is 18.2 Å². The van der Waals surface area contributed by atoms with Crippen LogP contribution >= 0.6 is 0 Å². The number of esters is 1. The van der Waals surface area contributed by atoms with Crippen LogP contribution in [0.3, 0.4) is 0 Å². The van der Waals surface area contributed by atoms with E-state index in [1.54, 1.807) is 48.2 Å². The van der Waals surface area contributed by atoms with Gasteiger partial charge >= 0.3 is 5.97 Å². The minimum Gasteiger partial charge on any atom is -0.445 e. The zero-order valence-electron chi connectivity index (χ0n) is 16.3. The Bertz CT molecular complexity index is 903. The Balaban J connectivity index is 1.73. The van der Waals surface area contributed by atoms with Crippen molar-refractivity contribution < 1.29 is 19.1 Å². The lowest BCUT2D eigenvalue weighted by molar-refractivity contribution is -0.134. The Labute approximate surface area is 164 Å². The Kier molecular flexibility index (Phi) is 5.49. The van der Waals surface area contributed by atoms with E-state index in [0.29, 0.717) is 36.3 Å². The van der Waals surface area contributed by atoms with Crippen molar-refractivity contribution >= 4 is 23.5 Å². The van der Waals surface area contributed by atoms with Crippen molar-refractivity contribution in [1.29, 1.82) is 0 Å². The largest absolute Gasteiger partial charge is 0.445 e. The molecule has 1 aliphatic rings. The molecule has 0 bridgehead atoms. The number of ether oxygens (including phenoxy) is 1. The van der Waals surface area contributed by atoms with E-state index < -0.39 is 17.5 Å². The normalized spacial score (nSPS) is 18.0. The van der Waals surface area contributed by atoms with Gasteiger partial charge in [-0.15, -0.1) is 0 Å². The summed E-state index contributed by atoms with van der Waals surface area (Å²) in [7, 11) is 0. The third-order valence-corrected chi connectivity index (χ3v) is 5.00. The smallest absolute Gasteiger partial charge is 0.339 e. The summed E-state index contributed by atoms with van der Waals surface area (Å²) in [4.78, 5) is 39.2. The Morgan fingerprint density at radius 3 is 2.36 bits per heavy atom. The number of nitrogens with zero attached hydrogens (tertiary/aromatic N) is 1. The first-order chi connectivity index (χ1) is 13.4. The number of carbonyl (C=O) groups excluding carboxylic acids is 3. The quantitative estimate of drug-likeness (QED) is 0.808. The molecule has 0 saturated carbocycles. The predicted molar refractivity (Wildman–Crippen MR) is 106 cm³/mol. The van der Waals surface area contributed by atoms with Crippen molar-refractivity contribution in [3.05, 3.63) is 65.2 Å². The van der Waals surface area contributed by atoms with E-state index in [0.717, 1.165) is 5.56 Å². The summed E-state index contributed by atoms with van der Waals surface area (Å²) in [5, 5.41) is 2.79. The van der Waals surface area contributed by atoms with Crippen LogP contribution in [0.1, 0.15) is 47.1 Å². The van der Waals surface area contributed by atoms with Crippen LogP contribution in [0.5, 0.6) is 0 Å². The maximum Gasteiger partial charge on any atom is 0.339 e. The fourth-order valence-corrected chi connectivity index (χ4v) is 3.31. The fraction of sp³-hybridized carbons (Fsp3) is 0.318. The van der Waals surface area contributed by atoms with E-state index in [1.807, 2.05) is 26.0 Å². The van der Waals surface area contributed by atoms with Crippen LogP contribution in [0, 0.1) is 0 Å². The minimum absolute atomic E-state index is 0.0485. The molecule has 6 nitrogen and oxygen atoms in total. The molecule has 0 aromatic heterocycles. The number of carbonyl (C=O) groups is 3. The fourth-order valence-electron chi connectivity index (χ4n) is 3.31. The molecule has 1 N–H and O–H groups in total. The van der Waals surface area contributed by atoms with E-state index in [-0.39, 0.29) is 5.91 Å². The lowest BCUT2D eigenvalue weighted by atomic mass is 9.89. The molecule has 0 saturated heterocycles. The molecule has 2 aromatic rings. The van der Waals surface area contributed by atoms with Gasteiger partial charge in [-0.25, -0.2) is 4.79 Å². The average molecular weight is 380 g/mol. The van der Waals surface area contributed by atoms with Crippen molar-refractivity contribution in [3.8, 4) is 0 Å². The van der Waals surface area contributed by atoms with Crippen LogP contribution < -0.4 is 5.32 Å². The molecular formula is C22H24N2O4. The van der Waals surface area contributed by atoms with E-state index in [1.165, 1.54) is 0 Å². The number of anilines is 1. The molecule has 0 unspecified atom stereocenters. The van der Waals surface area contributed by atoms with Crippen LogP contribution in [0.4, 0.5) is 5.69 Å². The van der Waals surface area contributed by atoms with Crippen LogP contribution in [0.2, 0.25) is 0 Å². The van der Waals surface area contributed by atoms with Gasteiger partial charge in [0.05, 0.1) is 5.56 Å². The SMILES string of the molecule is CCN(CC)C(=O)c1ccc(NC(=O)[C@@]2(C)Cc3ccccc3C(=O)O2)cc1. The lowest BCUT2D eigenvalue weighted by Crippen LogP contribution is -2.48. The Morgan fingerprint density at radius 1 is 1.07 bits per heavy atom. The van der Waals surface area contributed by atoms with Crippen molar-refractivity contribution in [2.24, 2.45) is 0 Å². The molecule has 1 heterocycles. The first-order valence-electron chi connectivity index (χ1n) is 9.40. The summed E-state index contributed by atoms with van der Waals surface area (Å²) in [6, 6.07) is 13.8. The Morgan fingerprint density at radius 2 is 1.71 bits per heavy atom. The molecule has 1 aliphatic heterocycles. The predicted octanol–water partition coefficient (Wildman–Crippen LogP) is 3.28. The number of nitrogens with one attached hydrogen (secondary N) is 1. The number of hydrogen-bond acceptors (Lipinski definition) is 4. The summed E-state index contributed by atoms with van der Waals surface area (Å²) >= 11 is 0. The Hall–Kier alpha value is -3.15. The highest BCUT2D eigenvalue weighted by Gasteiger charge is 2.42. The molecule has 0 spiro atoms. The molecule has 1 atom stereocenters. The topological polar surface area (TPSA) is 75.7 Å². The molecule has 0 fully saturated rings. The van der Waals surface area contributed by atoms with Crippen molar-refractivity contribution in [2.45, 2.75) is 32.8 Å². The maximum absolute atomic E-state index is 12.8. The number of fused-ring (bicyclic) bond motifs is 1. The number of hydrogen-bond donors (Lipinski definition) is 1.